The van der Waals surface area contributed by atoms with Crippen LogP contribution < -0.4 is 0 Å². The van der Waals surface area contributed by atoms with Gasteiger partial charge in [-0.05, 0) is 43.9 Å². The van der Waals surface area contributed by atoms with Crippen LogP contribution in [0.25, 0.3) is 0 Å². The van der Waals surface area contributed by atoms with Crippen molar-refractivity contribution in [1.29, 1.82) is 0 Å². The molecule has 95 valence electrons. The van der Waals surface area contributed by atoms with Crippen molar-refractivity contribution >= 4 is 0 Å². The van der Waals surface area contributed by atoms with Crippen LogP contribution in [-0.2, 0) is 39.1 Å². The van der Waals surface area contributed by atoms with Crippen molar-refractivity contribution in [2.24, 2.45) is 5.41 Å². The van der Waals surface area contributed by atoms with E-state index in [1.54, 1.807) is 0 Å². The second-order valence-corrected chi connectivity index (χ2v) is 6.31. The average molecular weight is 319 g/mol. The van der Waals surface area contributed by atoms with Crippen molar-refractivity contribution < 1.29 is 37.8 Å². The summed E-state index contributed by atoms with van der Waals surface area (Å²) in [5.74, 6) is 0.605. The Balaban J connectivity index is 0.00000120. The summed E-state index contributed by atoms with van der Waals surface area (Å²) in [5.41, 5.74) is 2.43. The van der Waals surface area contributed by atoms with Crippen LogP contribution in [0.15, 0.2) is 12.3 Å². The van der Waals surface area contributed by atoms with E-state index in [1.165, 1.54) is 24.1 Å². The number of nitrogens with zero attached hydrogens (tertiary/aromatic N) is 1. The number of hydrogen-bond acceptors (Lipinski definition) is 2. The fraction of sp³-hybridized carbons (Fsp3) is 0.667. The zero-order valence-corrected chi connectivity index (χ0v) is 14.1. The maximum atomic E-state index is 9.82. The minimum atomic E-state index is -0.392. The predicted molar refractivity (Wildman–Crippen MR) is 66.7 cm³/mol. The summed E-state index contributed by atoms with van der Waals surface area (Å²) in [7, 11) is 0. The van der Waals surface area contributed by atoms with Crippen LogP contribution in [0.3, 0.4) is 0 Å². The second-order valence-electron chi connectivity index (χ2n) is 6.31. The summed E-state index contributed by atoms with van der Waals surface area (Å²) < 4.78 is 0. The van der Waals surface area contributed by atoms with Crippen molar-refractivity contribution in [1.82, 2.24) is 4.98 Å². The average Bonchev–Trinajstić information content (AvgIpc) is 2.22. The molecule has 0 unspecified atom stereocenters. The number of aromatic nitrogens is 1. The Kier molecular flexibility index (Phi) is 4.03. The molecule has 0 atom stereocenters. The van der Waals surface area contributed by atoms with Crippen LogP contribution in [0.5, 0.6) is 0 Å². The summed E-state index contributed by atoms with van der Waals surface area (Å²) in [6, 6.07) is 5.37. The quantitative estimate of drug-likeness (QED) is 0.851. The van der Waals surface area contributed by atoms with Crippen molar-refractivity contribution in [3.05, 3.63) is 29.6 Å². The van der Waals surface area contributed by atoms with E-state index < -0.39 is 5.60 Å². The third-order valence-corrected chi connectivity index (χ3v) is 4.44. The first-order valence-electron chi connectivity index (χ1n) is 6.61. The molecule has 2 aliphatic carbocycles. The van der Waals surface area contributed by atoms with Gasteiger partial charge in [-0.1, -0.05) is 25.2 Å². The van der Waals surface area contributed by atoms with E-state index in [2.05, 4.69) is 24.0 Å². The standard InChI is InChI=1S/C15H20NO.Y/c1-3-11-4-5-13(16-8-11)12-6-15(7-12)9-14(2,17)10-15;/h5,8,12,17H,3,6-7,9-10H2,1-2H3;/q-1;. The predicted octanol–water partition coefficient (Wildman–Crippen LogP) is 2.85. The number of aryl methyl sites for hydroxylation is 1. The molecule has 2 saturated carbocycles. The zero-order valence-electron chi connectivity index (χ0n) is 11.2. The second kappa shape index (κ2) is 4.96. The summed E-state index contributed by atoms with van der Waals surface area (Å²) in [4.78, 5) is 4.54. The molecule has 0 aromatic carbocycles. The number of pyridine rings is 1. The summed E-state index contributed by atoms with van der Waals surface area (Å²) in [6.07, 6.45) is 7.33. The molecule has 0 amide bonds. The van der Waals surface area contributed by atoms with E-state index in [-0.39, 0.29) is 32.7 Å². The fourth-order valence-corrected chi connectivity index (χ4v) is 3.86. The molecule has 1 spiro atoms. The van der Waals surface area contributed by atoms with E-state index in [0.717, 1.165) is 19.3 Å². The van der Waals surface area contributed by atoms with Crippen LogP contribution in [0.1, 0.15) is 56.7 Å². The molecule has 18 heavy (non-hydrogen) atoms. The van der Waals surface area contributed by atoms with E-state index >= 15 is 0 Å². The van der Waals surface area contributed by atoms with Crippen molar-refractivity contribution in [3.8, 4) is 0 Å². The van der Waals surface area contributed by atoms with E-state index in [4.69, 9.17) is 0 Å². The molecule has 1 aromatic rings. The molecule has 3 rings (SSSR count). The largest absolute Gasteiger partial charge is 0.390 e. The number of hydrogen-bond donors (Lipinski definition) is 1. The molecular weight excluding hydrogens is 299 g/mol. The third kappa shape index (κ3) is 2.57. The molecule has 1 aromatic heterocycles. The van der Waals surface area contributed by atoms with Gasteiger partial charge in [0.15, 0.2) is 0 Å². The first-order valence-corrected chi connectivity index (χ1v) is 6.61. The van der Waals surface area contributed by atoms with Crippen LogP contribution in [0.2, 0.25) is 0 Å². The SMILES string of the molecule is CCc1[c-]cc(C2CC3(C2)CC(C)(O)C3)nc1.[Y]. The van der Waals surface area contributed by atoms with Gasteiger partial charge < -0.3 is 10.1 Å². The van der Waals surface area contributed by atoms with Gasteiger partial charge in [-0.3, -0.25) is 0 Å². The van der Waals surface area contributed by atoms with Gasteiger partial charge >= 0.3 is 0 Å². The third-order valence-electron chi connectivity index (χ3n) is 4.44. The molecule has 0 aliphatic heterocycles. The Hall–Kier alpha value is 0.214. The smallest absolute Gasteiger partial charge is 0.0630 e. The Morgan fingerprint density at radius 3 is 2.56 bits per heavy atom. The van der Waals surface area contributed by atoms with Crippen molar-refractivity contribution in [3.63, 3.8) is 0 Å². The number of rotatable bonds is 2. The summed E-state index contributed by atoms with van der Waals surface area (Å²) in [5, 5.41) is 9.82. The molecule has 0 bridgehead atoms. The summed E-state index contributed by atoms with van der Waals surface area (Å²) in [6.45, 7) is 4.08. The van der Waals surface area contributed by atoms with Gasteiger partial charge in [-0.2, -0.15) is 12.1 Å². The molecule has 3 heteroatoms. The minimum absolute atomic E-state index is 0. The topological polar surface area (TPSA) is 33.1 Å². The first kappa shape index (κ1) is 14.6. The molecule has 1 N–H and O–H groups in total. The molecule has 2 fully saturated rings. The molecule has 1 radical (unpaired) electrons. The van der Waals surface area contributed by atoms with Gasteiger partial charge in [-0.25, -0.2) is 0 Å². The van der Waals surface area contributed by atoms with Crippen molar-refractivity contribution in [2.75, 3.05) is 0 Å². The first-order chi connectivity index (χ1) is 8.02. The van der Waals surface area contributed by atoms with E-state index in [1.807, 2.05) is 13.1 Å². The van der Waals surface area contributed by atoms with Crippen LogP contribution in [-0.4, -0.2) is 15.7 Å². The zero-order chi connectivity index (χ0) is 12.1. The van der Waals surface area contributed by atoms with Gasteiger partial charge in [-0.15, -0.1) is 5.56 Å². The molecule has 2 nitrogen and oxygen atoms in total. The fourth-order valence-electron chi connectivity index (χ4n) is 3.86. The number of aliphatic hydroxyl groups is 1. The Labute approximate surface area is 134 Å². The Bertz CT molecular complexity index is 411. The Morgan fingerprint density at radius 2 is 2.11 bits per heavy atom. The maximum absolute atomic E-state index is 9.82. The summed E-state index contributed by atoms with van der Waals surface area (Å²) >= 11 is 0. The van der Waals surface area contributed by atoms with Gasteiger partial charge in [0.1, 0.15) is 0 Å². The van der Waals surface area contributed by atoms with Gasteiger partial charge in [0.2, 0.25) is 0 Å². The normalized spacial score (nSPS) is 37.6. The monoisotopic (exact) mass is 319 g/mol. The molecule has 2 aliphatic rings. The van der Waals surface area contributed by atoms with Crippen LogP contribution in [0.4, 0.5) is 0 Å². The van der Waals surface area contributed by atoms with Gasteiger partial charge in [0, 0.05) is 32.7 Å². The molecule has 0 saturated heterocycles. The minimum Gasteiger partial charge on any atom is -0.390 e. The van der Waals surface area contributed by atoms with Gasteiger partial charge in [0.25, 0.3) is 0 Å². The maximum Gasteiger partial charge on any atom is 0.0630 e. The molecular formula is C15H20NOY-. The van der Waals surface area contributed by atoms with Gasteiger partial charge in [0.05, 0.1) is 5.60 Å². The van der Waals surface area contributed by atoms with E-state index in [9.17, 15) is 5.11 Å². The molecule has 1 heterocycles. The Morgan fingerprint density at radius 1 is 1.44 bits per heavy atom. The van der Waals surface area contributed by atoms with E-state index in [0.29, 0.717) is 11.3 Å². The van der Waals surface area contributed by atoms with Crippen LogP contribution >= 0.6 is 0 Å². The van der Waals surface area contributed by atoms with Crippen LogP contribution in [0, 0.1) is 11.5 Å². The van der Waals surface area contributed by atoms with Crippen molar-refractivity contribution in [2.45, 2.75) is 57.5 Å².